The van der Waals surface area contributed by atoms with E-state index in [1.807, 2.05) is 56.0 Å². The summed E-state index contributed by atoms with van der Waals surface area (Å²) in [5, 5.41) is 3.34. The minimum absolute atomic E-state index is 0.0527. The first-order valence-corrected chi connectivity index (χ1v) is 10.4. The zero-order valence-corrected chi connectivity index (χ0v) is 15.7. The number of nitrogens with one attached hydrogen (secondary N) is 1. The Kier molecular flexibility index (Phi) is 4.94. The van der Waals surface area contributed by atoms with Gasteiger partial charge in [0.2, 0.25) is 5.95 Å². The van der Waals surface area contributed by atoms with E-state index in [0.29, 0.717) is 18.9 Å². The van der Waals surface area contributed by atoms with Gasteiger partial charge in [-0.05, 0) is 38.8 Å². The maximum absolute atomic E-state index is 11.8. The van der Waals surface area contributed by atoms with Crippen molar-refractivity contribution in [1.29, 1.82) is 0 Å². The van der Waals surface area contributed by atoms with Gasteiger partial charge in [-0.3, -0.25) is 0 Å². The lowest BCUT2D eigenvalue weighted by Crippen LogP contribution is -2.37. The van der Waals surface area contributed by atoms with Crippen molar-refractivity contribution >= 4 is 27.3 Å². The quantitative estimate of drug-likeness (QED) is 0.884. The van der Waals surface area contributed by atoms with Crippen molar-refractivity contribution in [2.75, 3.05) is 28.3 Å². The second kappa shape index (κ2) is 7.00. The van der Waals surface area contributed by atoms with E-state index < -0.39 is 9.84 Å². The molecular weight excluding hydrogens is 336 g/mol. The predicted molar refractivity (Wildman–Crippen MR) is 101 cm³/mol. The Labute approximate surface area is 149 Å². The highest BCUT2D eigenvalue weighted by atomic mass is 32.2. The average Bonchev–Trinajstić information content (AvgIpc) is 2.90. The molecular formula is C18H24N4O2S. The van der Waals surface area contributed by atoms with Crippen molar-refractivity contribution in [2.45, 2.75) is 33.2 Å². The number of para-hydroxylation sites is 1. The Morgan fingerprint density at radius 1 is 1.24 bits per heavy atom. The molecule has 134 valence electrons. The van der Waals surface area contributed by atoms with Crippen molar-refractivity contribution in [3.63, 3.8) is 0 Å². The molecule has 1 fully saturated rings. The van der Waals surface area contributed by atoms with Gasteiger partial charge >= 0.3 is 0 Å². The normalized spacial score (nSPS) is 18.9. The van der Waals surface area contributed by atoms with Crippen LogP contribution in [0.1, 0.15) is 24.6 Å². The number of benzene rings is 1. The summed E-state index contributed by atoms with van der Waals surface area (Å²) in [5.74, 6) is 1.73. The summed E-state index contributed by atoms with van der Waals surface area (Å²) in [4.78, 5) is 11.2. The molecule has 2 aromatic rings. The summed E-state index contributed by atoms with van der Waals surface area (Å²) in [6, 6.07) is 9.87. The van der Waals surface area contributed by atoms with Crippen LogP contribution in [0.5, 0.6) is 0 Å². The Morgan fingerprint density at radius 3 is 2.64 bits per heavy atom. The monoisotopic (exact) mass is 360 g/mol. The number of rotatable bonds is 5. The second-order valence-electron chi connectivity index (χ2n) is 6.48. The molecule has 1 N–H and O–H groups in total. The van der Waals surface area contributed by atoms with Gasteiger partial charge in [0.1, 0.15) is 5.82 Å². The van der Waals surface area contributed by atoms with Crippen LogP contribution in [0.25, 0.3) is 0 Å². The highest BCUT2D eigenvalue weighted by molar-refractivity contribution is 7.91. The highest BCUT2D eigenvalue weighted by Crippen LogP contribution is 2.25. The molecule has 6 nitrogen and oxygen atoms in total. The third kappa shape index (κ3) is 4.10. The Bertz CT molecular complexity index is 867. The predicted octanol–water partition coefficient (Wildman–Crippen LogP) is 2.85. The molecule has 1 unspecified atom stereocenters. The van der Waals surface area contributed by atoms with E-state index >= 15 is 0 Å². The van der Waals surface area contributed by atoms with Crippen molar-refractivity contribution in [3.8, 4) is 0 Å². The molecule has 1 aliphatic heterocycles. The van der Waals surface area contributed by atoms with Crippen LogP contribution in [-0.4, -0.2) is 42.5 Å². The molecule has 1 saturated heterocycles. The van der Waals surface area contributed by atoms with E-state index in [1.54, 1.807) is 0 Å². The third-order valence-electron chi connectivity index (χ3n) is 4.50. The molecule has 7 heteroatoms. The summed E-state index contributed by atoms with van der Waals surface area (Å²) in [6.45, 7) is 6.64. The molecule has 3 rings (SSSR count). The van der Waals surface area contributed by atoms with Gasteiger partial charge in [-0.1, -0.05) is 18.2 Å². The first-order valence-electron chi connectivity index (χ1n) is 8.53. The molecule has 1 atom stereocenters. The van der Waals surface area contributed by atoms with Gasteiger partial charge in [0, 0.05) is 30.0 Å². The van der Waals surface area contributed by atoms with E-state index in [-0.39, 0.29) is 17.5 Å². The van der Waals surface area contributed by atoms with E-state index in [9.17, 15) is 8.42 Å². The first kappa shape index (κ1) is 17.7. The summed E-state index contributed by atoms with van der Waals surface area (Å²) in [5.41, 5.74) is 2.98. The molecule has 0 radical (unpaired) electrons. The van der Waals surface area contributed by atoms with Crippen molar-refractivity contribution < 1.29 is 8.42 Å². The molecule has 0 saturated carbocycles. The number of anilines is 3. The molecule has 0 spiro atoms. The van der Waals surface area contributed by atoms with Gasteiger partial charge in [-0.15, -0.1) is 0 Å². The van der Waals surface area contributed by atoms with Gasteiger partial charge in [0.05, 0.1) is 11.5 Å². The summed E-state index contributed by atoms with van der Waals surface area (Å²) in [7, 11) is -2.95. The van der Waals surface area contributed by atoms with Crippen LogP contribution in [0, 0.1) is 13.8 Å². The lowest BCUT2D eigenvalue weighted by atomic mass is 10.2. The van der Waals surface area contributed by atoms with E-state index in [1.165, 1.54) is 0 Å². The fraction of sp³-hybridized carbons (Fsp3) is 0.444. The fourth-order valence-electron chi connectivity index (χ4n) is 3.18. The molecule has 1 aromatic heterocycles. The Morgan fingerprint density at radius 2 is 2.00 bits per heavy atom. The van der Waals surface area contributed by atoms with Crippen LogP contribution in [0.4, 0.5) is 17.5 Å². The number of aryl methyl sites for hydroxylation is 2. The first-order chi connectivity index (χ1) is 11.9. The van der Waals surface area contributed by atoms with Crippen LogP contribution >= 0.6 is 0 Å². The minimum atomic E-state index is -2.95. The molecule has 1 aliphatic rings. The molecule has 0 amide bonds. The smallest absolute Gasteiger partial charge is 0.227 e. The standard InChI is InChI=1S/C18H24N4O2S/c1-4-22(15-9-10-25(23,24)12-15)18-19-14(3)11-17(21-18)20-16-8-6-5-7-13(16)2/h5-8,11,15H,4,9-10,12H2,1-3H3,(H,19,20,21). The van der Waals surface area contributed by atoms with Crippen LogP contribution in [0.15, 0.2) is 30.3 Å². The van der Waals surface area contributed by atoms with Crippen LogP contribution in [0.2, 0.25) is 0 Å². The summed E-state index contributed by atoms with van der Waals surface area (Å²) >= 11 is 0. The lowest BCUT2D eigenvalue weighted by molar-refractivity contribution is 0.599. The number of hydrogen-bond donors (Lipinski definition) is 1. The van der Waals surface area contributed by atoms with Crippen LogP contribution in [0.3, 0.4) is 0 Å². The van der Waals surface area contributed by atoms with E-state index in [0.717, 1.165) is 22.8 Å². The topological polar surface area (TPSA) is 75.2 Å². The number of hydrogen-bond acceptors (Lipinski definition) is 6. The summed E-state index contributed by atoms with van der Waals surface area (Å²) < 4.78 is 23.7. The van der Waals surface area contributed by atoms with Crippen molar-refractivity contribution in [3.05, 3.63) is 41.6 Å². The van der Waals surface area contributed by atoms with Crippen molar-refractivity contribution in [1.82, 2.24) is 9.97 Å². The zero-order valence-electron chi connectivity index (χ0n) is 14.9. The largest absolute Gasteiger partial charge is 0.340 e. The van der Waals surface area contributed by atoms with Gasteiger partial charge in [-0.25, -0.2) is 13.4 Å². The summed E-state index contributed by atoms with van der Waals surface area (Å²) in [6.07, 6.45) is 0.633. The molecule has 2 heterocycles. The molecule has 0 bridgehead atoms. The molecule has 1 aromatic carbocycles. The van der Waals surface area contributed by atoms with Crippen LogP contribution < -0.4 is 10.2 Å². The highest BCUT2D eigenvalue weighted by Gasteiger charge is 2.33. The van der Waals surface area contributed by atoms with E-state index in [2.05, 4.69) is 15.3 Å². The third-order valence-corrected chi connectivity index (χ3v) is 6.25. The Balaban J connectivity index is 1.89. The van der Waals surface area contributed by atoms with Crippen LogP contribution in [-0.2, 0) is 9.84 Å². The minimum Gasteiger partial charge on any atom is -0.340 e. The maximum Gasteiger partial charge on any atom is 0.227 e. The Hall–Kier alpha value is -2.15. The van der Waals surface area contributed by atoms with Crippen molar-refractivity contribution in [2.24, 2.45) is 0 Å². The van der Waals surface area contributed by atoms with Gasteiger partial charge in [0.15, 0.2) is 9.84 Å². The van der Waals surface area contributed by atoms with E-state index in [4.69, 9.17) is 0 Å². The second-order valence-corrected chi connectivity index (χ2v) is 8.71. The maximum atomic E-state index is 11.8. The average molecular weight is 360 g/mol. The van der Waals surface area contributed by atoms with Gasteiger partial charge < -0.3 is 10.2 Å². The van der Waals surface area contributed by atoms with Gasteiger partial charge in [-0.2, -0.15) is 4.98 Å². The lowest BCUT2D eigenvalue weighted by Gasteiger charge is -2.27. The molecule has 0 aliphatic carbocycles. The molecule has 25 heavy (non-hydrogen) atoms. The number of nitrogens with zero attached hydrogens (tertiary/aromatic N) is 3. The SMILES string of the molecule is CCN(c1nc(C)cc(Nc2ccccc2C)n1)C1CCS(=O)(=O)C1. The fourth-order valence-corrected chi connectivity index (χ4v) is 4.91. The zero-order chi connectivity index (χ0) is 18.0. The number of aromatic nitrogens is 2. The van der Waals surface area contributed by atoms with Gasteiger partial charge in [0.25, 0.3) is 0 Å². The number of sulfone groups is 1.